The molecular formula is C11H17NO2S. The Morgan fingerprint density at radius 3 is 2.53 bits per heavy atom. The highest BCUT2D eigenvalue weighted by molar-refractivity contribution is 7.67. The van der Waals surface area contributed by atoms with Crippen molar-refractivity contribution in [2.75, 3.05) is 6.54 Å². The quantitative estimate of drug-likeness (QED) is 0.668. The SMILES string of the molecule is CC(C)(C)C1=CC(CN)=C(O)C(=S=O)C1. The van der Waals surface area contributed by atoms with E-state index in [-0.39, 0.29) is 17.7 Å². The number of allylic oxidation sites excluding steroid dienone is 2. The zero-order chi connectivity index (χ0) is 11.6. The Morgan fingerprint density at radius 1 is 1.53 bits per heavy atom. The first-order valence-corrected chi connectivity index (χ1v) is 5.63. The molecule has 0 saturated heterocycles. The lowest BCUT2D eigenvalue weighted by Crippen LogP contribution is -2.22. The van der Waals surface area contributed by atoms with E-state index in [1.807, 2.05) is 6.08 Å². The molecule has 0 aliphatic heterocycles. The van der Waals surface area contributed by atoms with Crippen molar-refractivity contribution in [2.45, 2.75) is 27.2 Å². The van der Waals surface area contributed by atoms with Gasteiger partial charge in [0, 0.05) is 18.5 Å². The first kappa shape index (κ1) is 12.2. The van der Waals surface area contributed by atoms with Gasteiger partial charge >= 0.3 is 0 Å². The normalized spacial score (nSPS) is 17.9. The number of hydrogen-bond donors (Lipinski definition) is 2. The molecule has 1 rings (SSSR count). The monoisotopic (exact) mass is 227 g/mol. The molecule has 0 aromatic heterocycles. The van der Waals surface area contributed by atoms with Crippen molar-refractivity contribution in [1.29, 1.82) is 0 Å². The van der Waals surface area contributed by atoms with Crippen molar-refractivity contribution >= 4 is 16.1 Å². The fraction of sp³-hybridized carbons (Fsp3) is 0.545. The van der Waals surface area contributed by atoms with Crippen LogP contribution in [0.4, 0.5) is 0 Å². The van der Waals surface area contributed by atoms with Gasteiger partial charge in [-0.2, -0.15) is 0 Å². The minimum Gasteiger partial charge on any atom is -0.506 e. The third kappa shape index (κ3) is 2.58. The van der Waals surface area contributed by atoms with E-state index in [1.54, 1.807) is 0 Å². The van der Waals surface area contributed by atoms with Crippen molar-refractivity contribution in [3.63, 3.8) is 0 Å². The molecule has 0 heterocycles. The summed E-state index contributed by atoms with van der Waals surface area (Å²) in [7, 11) is 0. The molecule has 0 aromatic rings. The maximum Gasteiger partial charge on any atom is 0.136 e. The van der Waals surface area contributed by atoms with Crippen LogP contribution in [-0.2, 0) is 11.3 Å². The van der Waals surface area contributed by atoms with Crippen LogP contribution < -0.4 is 5.73 Å². The minimum atomic E-state index is 0.00208. The topological polar surface area (TPSA) is 63.3 Å². The highest BCUT2D eigenvalue weighted by Crippen LogP contribution is 2.33. The molecule has 0 fully saturated rings. The average molecular weight is 227 g/mol. The number of aliphatic hydroxyl groups excluding tert-OH is 1. The summed E-state index contributed by atoms with van der Waals surface area (Å²) in [6.45, 7) is 6.52. The van der Waals surface area contributed by atoms with Gasteiger partial charge in [0.1, 0.15) is 5.76 Å². The van der Waals surface area contributed by atoms with Crippen molar-refractivity contribution < 1.29 is 9.32 Å². The lowest BCUT2D eigenvalue weighted by molar-refractivity contribution is 0.430. The number of aliphatic hydroxyl groups is 1. The molecule has 0 atom stereocenters. The summed E-state index contributed by atoms with van der Waals surface area (Å²) in [6.07, 6.45) is 2.45. The molecule has 3 nitrogen and oxygen atoms in total. The molecule has 1 aliphatic carbocycles. The van der Waals surface area contributed by atoms with Gasteiger partial charge in [-0.15, -0.1) is 0 Å². The average Bonchev–Trinajstić information content (AvgIpc) is 2.16. The van der Waals surface area contributed by atoms with Crippen LogP contribution in [0.1, 0.15) is 27.2 Å². The van der Waals surface area contributed by atoms with E-state index in [0.717, 1.165) is 5.57 Å². The summed E-state index contributed by atoms with van der Waals surface area (Å²) in [6, 6.07) is 0. The number of rotatable bonds is 1. The predicted molar refractivity (Wildman–Crippen MR) is 64.0 cm³/mol. The molecule has 4 heteroatoms. The van der Waals surface area contributed by atoms with Crippen LogP contribution in [0.5, 0.6) is 0 Å². The third-order valence-corrected chi connectivity index (χ3v) is 3.09. The molecule has 15 heavy (non-hydrogen) atoms. The van der Waals surface area contributed by atoms with Crippen molar-refractivity contribution in [1.82, 2.24) is 0 Å². The molecule has 0 radical (unpaired) electrons. The number of nitrogens with two attached hydrogens (primary N) is 1. The Kier molecular flexibility index (Phi) is 3.52. The van der Waals surface area contributed by atoms with E-state index in [4.69, 9.17) is 5.73 Å². The highest BCUT2D eigenvalue weighted by Gasteiger charge is 2.25. The van der Waals surface area contributed by atoms with E-state index in [9.17, 15) is 9.32 Å². The Morgan fingerprint density at radius 2 is 2.13 bits per heavy atom. The van der Waals surface area contributed by atoms with Crippen LogP contribution in [0.3, 0.4) is 0 Å². The molecule has 3 N–H and O–H groups in total. The van der Waals surface area contributed by atoms with E-state index in [1.165, 1.54) is 0 Å². The largest absolute Gasteiger partial charge is 0.506 e. The van der Waals surface area contributed by atoms with Crippen molar-refractivity contribution in [3.05, 3.63) is 23.0 Å². The van der Waals surface area contributed by atoms with Gasteiger partial charge in [0.05, 0.1) is 16.1 Å². The zero-order valence-corrected chi connectivity index (χ0v) is 10.1. The second-order valence-electron chi connectivity index (χ2n) is 4.68. The van der Waals surface area contributed by atoms with Gasteiger partial charge in [-0.1, -0.05) is 32.4 Å². The van der Waals surface area contributed by atoms with Gasteiger partial charge in [0.25, 0.3) is 0 Å². The van der Waals surface area contributed by atoms with Crippen LogP contribution >= 0.6 is 0 Å². The maximum atomic E-state index is 10.8. The Labute approximate surface area is 93.7 Å². The smallest absolute Gasteiger partial charge is 0.136 e. The fourth-order valence-electron chi connectivity index (χ4n) is 1.47. The van der Waals surface area contributed by atoms with Gasteiger partial charge in [-0.05, 0) is 5.41 Å². The summed E-state index contributed by atoms with van der Waals surface area (Å²) in [4.78, 5) is 0.475. The molecule has 0 bridgehead atoms. The van der Waals surface area contributed by atoms with Gasteiger partial charge in [0.15, 0.2) is 0 Å². The third-order valence-electron chi connectivity index (χ3n) is 2.55. The van der Waals surface area contributed by atoms with Gasteiger partial charge in [0.2, 0.25) is 0 Å². The van der Waals surface area contributed by atoms with Crippen molar-refractivity contribution in [3.8, 4) is 0 Å². The predicted octanol–water partition coefficient (Wildman–Crippen LogP) is 1.52. The fourth-order valence-corrected chi connectivity index (χ4v) is 1.90. The highest BCUT2D eigenvalue weighted by atomic mass is 32.1. The molecule has 0 amide bonds. The van der Waals surface area contributed by atoms with E-state index >= 15 is 0 Å². The van der Waals surface area contributed by atoms with Gasteiger partial charge < -0.3 is 10.8 Å². The Balaban J connectivity index is 3.23. The number of hydrogen-bond acceptors (Lipinski definition) is 3. The molecule has 0 saturated carbocycles. The Bertz CT molecular complexity index is 382. The van der Waals surface area contributed by atoms with E-state index in [0.29, 0.717) is 28.1 Å². The second-order valence-corrected chi connectivity index (χ2v) is 5.34. The van der Waals surface area contributed by atoms with Gasteiger partial charge in [-0.25, -0.2) is 4.21 Å². The Hall–Kier alpha value is -0.870. The van der Waals surface area contributed by atoms with Crippen LogP contribution in [0.15, 0.2) is 23.0 Å². The summed E-state index contributed by atoms with van der Waals surface area (Å²) in [5.41, 5.74) is 7.33. The molecule has 1 aliphatic rings. The first-order chi connectivity index (χ1) is 6.90. The summed E-state index contributed by atoms with van der Waals surface area (Å²) in [5, 5.41) is 9.71. The summed E-state index contributed by atoms with van der Waals surface area (Å²) < 4.78 is 10.8. The molecule has 0 unspecified atom stereocenters. The summed E-state index contributed by atoms with van der Waals surface area (Å²) in [5.74, 6) is 0.0745. The molecular weight excluding hydrogens is 210 g/mol. The maximum absolute atomic E-state index is 10.8. The summed E-state index contributed by atoms with van der Waals surface area (Å²) >= 11 is 0.355. The molecule has 0 spiro atoms. The standard InChI is InChI=1S/C11H17NO2S/c1-11(2,3)8-4-7(6-12)10(13)9(5-8)15-14/h4,13H,5-6,12H2,1-3H3. The van der Waals surface area contributed by atoms with Crippen LogP contribution in [0.25, 0.3) is 0 Å². The van der Waals surface area contributed by atoms with E-state index in [2.05, 4.69) is 20.8 Å². The van der Waals surface area contributed by atoms with Crippen LogP contribution in [0, 0.1) is 5.41 Å². The molecule has 84 valence electrons. The minimum absolute atomic E-state index is 0.00208. The van der Waals surface area contributed by atoms with Crippen LogP contribution in [0.2, 0.25) is 0 Å². The molecule has 0 aromatic carbocycles. The lowest BCUT2D eigenvalue weighted by atomic mass is 9.80. The second kappa shape index (κ2) is 4.33. The van der Waals surface area contributed by atoms with E-state index < -0.39 is 0 Å². The first-order valence-electron chi connectivity index (χ1n) is 4.89. The zero-order valence-electron chi connectivity index (χ0n) is 9.33. The van der Waals surface area contributed by atoms with Crippen molar-refractivity contribution in [2.24, 2.45) is 11.1 Å². The lowest BCUT2D eigenvalue weighted by Gasteiger charge is -2.27. The van der Waals surface area contributed by atoms with Crippen LogP contribution in [-0.4, -0.2) is 20.7 Å². The van der Waals surface area contributed by atoms with Gasteiger partial charge in [-0.3, -0.25) is 0 Å².